The van der Waals surface area contributed by atoms with Gasteiger partial charge < -0.3 is 14.2 Å². The van der Waals surface area contributed by atoms with Crippen LogP contribution in [0.15, 0.2) is 40.9 Å². The lowest BCUT2D eigenvalue weighted by Gasteiger charge is -2.21. The average molecular weight is 369 g/mol. The van der Waals surface area contributed by atoms with Gasteiger partial charge in [0.2, 0.25) is 11.7 Å². The number of methoxy groups -OCH3 is 1. The van der Waals surface area contributed by atoms with Gasteiger partial charge in [0.25, 0.3) is 5.91 Å². The topological polar surface area (TPSA) is 68.5 Å². The van der Waals surface area contributed by atoms with Gasteiger partial charge in [-0.2, -0.15) is 4.98 Å². The number of aryl methyl sites for hydroxylation is 1. The zero-order valence-electron chi connectivity index (χ0n) is 14.6. The van der Waals surface area contributed by atoms with Crippen molar-refractivity contribution in [1.29, 1.82) is 0 Å². The van der Waals surface area contributed by atoms with E-state index < -0.39 is 0 Å². The summed E-state index contributed by atoms with van der Waals surface area (Å²) >= 11 is 1.51. The average Bonchev–Trinajstić information content (AvgIpc) is 3.40. The normalized spacial score (nSPS) is 16.8. The second-order valence-corrected chi connectivity index (χ2v) is 7.54. The SMILES string of the molecule is COc1cccc(-c2noc(C3CCCN3C(=O)c3ccc(C)s3)n2)c1. The van der Waals surface area contributed by atoms with Crippen molar-refractivity contribution in [2.24, 2.45) is 0 Å². The zero-order valence-corrected chi connectivity index (χ0v) is 15.5. The molecular formula is C19H19N3O3S. The van der Waals surface area contributed by atoms with Crippen molar-refractivity contribution in [2.45, 2.75) is 25.8 Å². The lowest BCUT2D eigenvalue weighted by molar-refractivity contribution is 0.0715. The standard InChI is InChI=1S/C19H19N3O3S/c1-12-8-9-16(26-12)19(23)22-10-4-7-15(22)18-20-17(21-25-18)13-5-3-6-14(11-13)24-2/h3,5-6,8-9,11,15H,4,7,10H2,1-2H3. The highest BCUT2D eigenvalue weighted by molar-refractivity contribution is 7.13. The van der Waals surface area contributed by atoms with Crippen LogP contribution in [-0.4, -0.2) is 34.6 Å². The van der Waals surface area contributed by atoms with Crippen molar-refractivity contribution in [2.75, 3.05) is 13.7 Å². The van der Waals surface area contributed by atoms with Crippen molar-refractivity contribution >= 4 is 17.2 Å². The molecule has 0 N–H and O–H groups in total. The van der Waals surface area contributed by atoms with Gasteiger partial charge in [-0.3, -0.25) is 4.79 Å². The molecule has 134 valence electrons. The van der Waals surface area contributed by atoms with E-state index in [0.717, 1.165) is 33.9 Å². The summed E-state index contributed by atoms with van der Waals surface area (Å²) in [5.41, 5.74) is 0.823. The fourth-order valence-electron chi connectivity index (χ4n) is 3.21. The van der Waals surface area contributed by atoms with Crippen molar-refractivity contribution in [3.8, 4) is 17.1 Å². The number of thiophene rings is 1. The Hall–Kier alpha value is -2.67. The maximum absolute atomic E-state index is 12.8. The van der Waals surface area contributed by atoms with E-state index >= 15 is 0 Å². The fraction of sp³-hybridized carbons (Fsp3) is 0.316. The van der Waals surface area contributed by atoms with Crippen LogP contribution in [0.4, 0.5) is 0 Å². The Morgan fingerprint density at radius 1 is 1.35 bits per heavy atom. The van der Waals surface area contributed by atoms with Gasteiger partial charge in [-0.15, -0.1) is 11.3 Å². The molecule has 0 radical (unpaired) electrons. The lowest BCUT2D eigenvalue weighted by Crippen LogP contribution is -2.30. The smallest absolute Gasteiger partial charge is 0.264 e. The third-order valence-corrected chi connectivity index (χ3v) is 5.51. The van der Waals surface area contributed by atoms with Gasteiger partial charge in [0.05, 0.1) is 12.0 Å². The molecule has 2 aromatic heterocycles. The zero-order chi connectivity index (χ0) is 18.1. The second kappa shape index (κ2) is 6.92. The lowest BCUT2D eigenvalue weighted by atomic mass is 10.2. The molecule has 6 nitrogen and oxygen atoms in total. The van der Waals surface area contributed by atoms with Gasteiger partial charge in [-0.05, 0) is 44.0 Å². The third kappa shape index (κ3) is 3.10. The van der Waals surface area contributed by atoms with Crippen LogP contribution in [0.25, 0.3) is 11.4 Å². The number of nitrogens with zero attached hydrogens (tertiary/aromatic N) is 3. The van der Waals surface area contributed by atoms with Crippen molar-refractivity contribution in [1.82, 2.24) is 15.0 Å². The Bertz CT molecular complexity index is 934. The minimum atomic E-state index is -0.170. The summed E-state index contributed by atoms with van der Waals surface area (Å²) in [5, 5.41) is 4.10. The molecule has 1 unspecified atom stereocenters. The summed E-state index contributed by atoms with van der Waals surface area (Å²) in [5.74, 6) is 1.76. The summed E-state index contributed by atoms with van der Waals surface area (Å²) < 4.78 is 10.8. The van der Waals surface area contributed by atoms with Crippen LogP contribution in [0, 0.1) is 6.92 Å². The molecule has 1 fully saturated rings. The molecule has 0 saturated carbocycles. The number of aromatic nitrogens is 2. The number of rotatable bonds is 4. The number of hydrogen-bond acceptors (Lipinski definition) is 6. The molecular weight excluding hydrogens is 350 g/mol. The van der Waals surface area contributed by atoms with E-state index in [4.69, 9.17) is 9.26 Å². The Kier molecular flexibility index (Phi) is 4.46. The Labute approximate surface area is 155 Å². The molecule has 4 rings (SSSR count). The summed E-state index contributed by atoms with van der Waals surface area (Å²) in [6, 6.07) is 11.2. The summed E-state index contributed by atoms with van der Waals surface area (Å²) in [4.78, 5) is 21.1. The maximum atomic E-state index is 12.8. The minimum absolute atomic E-state index is 0.0340. The summed E-state index contributed by atoms with van der Waals surface area (Å²) in [6.45, 7) is 2.71. The molecule has 0 aliphatic carbocycles. The predicted octanol–water partition coefficient (Wildman–Crippen LogP) is 4.09. The van der Waals surface area contributed by atoms with Crippen LogP contribution >= 0.6 is 11.3 Å². The molecule has 7 heteroatoms. The third-order valence-electron chi connectivity index (χ3n) is 4.52. The van der Waals surface area contributed by atoms with Crippen LogP contribution in [0.3, 0.4) is 0 Å². The van der Waals surface area contributed by atoms with E-state index in [1.165, 1.54) is 11.3 Å². The van der Waals surface area contributed by atoms with Gasteiger partial charge in [-0.1, -0.05) is 17.3 Å². The van der Waals surface area contributed by atoms with E-state index in [1.54, 1.807) is 7.11 Å². The van der Waals surface area contributed by atoms with E-state index in [9.17, 15) is 4.79 Å². The highest BCUT2D eigenvalue weighted by Gasteiger charge is 2.35. The number of hydrogen-bond donors (Lipinski definition) is 0. The minimum Gasteiger partial charge on any atom is -0.497 e. The van der Waals surface area contributed by atoms with Crippen molar-refractivity contribution < 1.29 is 14.1 Å². The van der Waals surface area contributed by atoms with E-state index in [0.29, 0.717) is 18.3 Å². The first-order valence-electron chi connectivity index (χ1n) is 8.51. The van der Waals surface area contributed by atoms with Gasteiger partial charge >= 0.3 is 0 Å². The molecule has 0 bridgehead atoms. The molecule has 1 aromatic carbocycles. The fourth-order valence-corrected chi connectivity index (χ4v) is 4.03. The van der Waals surface area contributed by atoms with Crippen LogP contribution < -0.4 is 4.74 Å². The Balaban J connectivity index is 1.59. The molecule has 0 spiro atoms. The van der Waals surface area contributed by atoms with Gasteiger partial charge in [0, 0.05) is 17.0 Å². The number of amides is 1. The highest BCUT2D eigenvalue weighted by Crippen LogP contribution is 2.34. The molecule has 26 heavy (non-hydrogen) atoms. The first kappa shape index (κ1) is 16.8. The van der Waals surface area contributed by atoms with Crippen LogP contribution in [0.2, 0.25) is 0 Å². The molecule has 1 amide bonds. The van der Waals surface area contributed by atoms with Crippen LogP contribution in [0.5, 0.6) is 5.75 Å². The van der Waals surface area contributed by atoms with Gasteiger partial charge in [0.1, 0.15) is 11.8 Å². The number of likely N-dealkylation sites (tertiary alicyclic amines) is 1. The number of carbonyl (C=O) groups excluding carboxylic acids is 1. The quantitative estimate of drug-likeness (QED) is 0.693. The molecule has 3 aromatic rings. The maximum Gasteiger partial charge on any atom is 0.264 e. The molecule has 3 heterocycles. The largest absolute Gasteiger partial charge is 0.497 e. The molecule has 1 saturated heterocycles. The van der Waals surface area contributed by atoms with Crippen molar-refractivity contribution in [3.63, 3.8) is 0 Å². The number of ether oxygens (including phenoxy) is 1. The molecule has 1 aliphatic heterocycles. The Morgan fingerprint density at radius 3 is 3.00 bits per heavy atom. The van der Waals surface area contributed by atoms with E-state index in [-0.39, 0.29) is 11.9 Å². The Morgan fingerprint density at radius 2 is 2.23 bits per heavy atom. The van der Waals surface area contributed by atoms with Crippen LogP contribution in [-0.2, 0) is 0 Å². The predicted molar refractivity (Wildman–Crippen MR) is 98.4 cm³/mol. The van der Waals surface area contributed by atoms with Gasteiger partial charge in [-0.25, -0.2) is 0 Å². The summed E-state index contributed by atoms with van der Waals surface area (Å²) in [7, 11) is 1.62. The first-order chi connectivity index (χ1) is 12.7. The number of benzene rings is 1. The molecule has 1 atom stereocenters. The van der Waals surface area contributed by atoms with E-state index in [2.05, 4.69) is 10.1 Å². The highest BCUT2D eigenvalue weighted by atomic mass is 32.1. The van der Waals surface area contributed by atoms with Crippen LogP contribution in [0.1, 0.15) is 39.3 Å². The first-order valence-corrected chi connectivity index (χ1v) is 9.33. The van der Waals surface area contributed by atoms with Crippen molar-refractivity contribution in [3.05, 3.63) is 52.0 Å². The summed E-state index contributed by atoms with van der Waals surface area (Å²) in [6.07, 6.45) is 1.76. The monoisotopic (exact) mass is 369 g/mol. The van der Waals surface area contributed by atoms with E-state index in [1.807, 2.05) is 48.2 Å². The number of carbonyl (C=O) groups is 1. The van der Waals surface area contributed by atoms with Gasteiger partial charge in [0.15, 0.2) is 0 Å². The molecule has 1 aliphatic rings. The second-order valence-electron chi connectivity index (χ2n) is 6.26.